The van der Waals surface area contributed by atoms with E-state index in [4.69, 9.17) is 5.84 Å². The van der Waals surface area contributed by atoms with Crippen LogP contribution >= 0.6 is 11.8 Å². The van der Waals surface area contributed by atoms with Gasteiger partial charge in [-0.2, -0.15) is 11.8 Å². The fourth-order valence-corrected chi connectivity index (χ4v) is 2.62. The summed E-state index contributed by atoms with van der Waals surface area (Å²) in [7, 11) is 0. The molecular formula is C14H22N2OS. The summed E-state index contributed by atoms with van der Waals surface area (Å²) in [5.41, 5.74) is 4.46. The topological polar surface area (TPSA) is 55.1 Å². The lowest BCUT2D eigenvalue weighted by molar-refractivity contribution is -0.120. The molecule has 1 atom stereocenters. The summed E-state index contributed by atoms with van der Waals surface area (Å²) in [6.45, 7) is 6.70. The molecule has 1 amide bonds. The molecule has 0 aliphatic heterocycles. The molecule has 0 heterocycles. The molecule has 1 rings (SSSR count). The molecule has 0 aliphatic rings. The molecule has 1 unspecified atom stereocenters. The van der Waals surface area contributed by atoms with E-state index in [2.05, 4.69) is 32.3 Å². The maximum atomic E-state index is 11.3. The van der Waals surface area contributed by atoms with Gasteiger partial charge >= 0.3 is 0 Å². The SMILES string of the molecule is CC(C)C(C)SCc1ccccc1CC(=O)NN. The van der Waals surface area contributed by atoms with Crippen molar-refractivity contribution in [2.24, 2.45) is 11.8 Å². The summed E-state index contributed by atoms with van der Waals surface area (Å²) in [6, 6.07) is 8.04. The summed E-state index contributed by atoms with van der Waals surface area (Å²) < 4.78 is 0. The van der Waals surface area contributed by atoms with Gasteiger partial charge in [-0.25, -0.2) is 5.84 Å². The van der Waals surface area contributed by atoms with Crippen LogP contribution in [0, 0.1) is 5.92 Å². The average Bonchev–Trinajstić information content (AvgIpc) is 2.37. The normalized spacial score (nSPS) is 12.5. The van der Waals surface area contributed by atoms with Crippen LogP contribution in [-0.2, 0) is 17.0 Å². The first-order chi connectivity index (χ1) is 8.54. The highest BCUT2D eigenvalue weighted by Crippen LogP contribution is 2.24. The van der Waals surface area contributed by atoms with Gasteiger partial charge in [-0.15, -0.1) is 0 Å². The zero-order valence-corrected chi connectivity index (χ0v) is 12.1. The fraction of sp³-hybridized carbons (Fsp3) is 0.500. The number of hydrogen-bond acceptors (Lipinski definition) is 3. The molecule has 0 aromatic heterocycles. The Morgan fingerprint density at radius 2 is 1.89 bits per heavy atom. The van der Waals surface area contributed by atoms with Gasteiger partial charge in [-0.05, 0) is 17.0 Å². The molecule has 0 saturated heterocycles. The minimum absolute atomic E-state index is 0.149. The summed E-state index contributed by atoms with van der Waals surface area (Å²) in [6.07, 6.45) is 0.350. The Labute approximate surface area is 113 Å². The molecule has 3 N–H and O–H groups in total. The Morgan fingerprint density at radius 1 is 1.28 bits per heavy atom. The summed E-state index contributed by atoms with van der Waals surface area (Å²) in [4.78, 5) is 11.3. The number of hydrazine groups is 1. The van der Waals surface area contributed by atoms with E-state index in [1.807, 2.05) is 30.0 Å². The van der Waals surface area contributed by atoms with Crippen LogP contribution in [0.3, 0.4) is 0 Å². The Bertz CT molecular complexity index is 393. The van der Waals surface area contributed by atoms with Gasteiger partial charge in [0.25, 0.3) is 0 Å². The molecule has 0 bridgehead atoms. The number of benzene rings is 1. The second-order valence-corrected chi connectivity index (χ2v) is 6.14. The quantitative estimate of drug-likeness (QED) is 0.472. The van der Waals surface area contributed by atoms with Crippen LogP contribution in [0.25, 0.3) is 0 Å². The van der Waals surface area contributed by atoms with Crippen molar-refractivity contribution in [2.45, 2.75) is 38.2 Å². The smallest absolute Gasteiger partial charge is 0.238 e. The van der Waals surface area contributed by atoms with E-state index < -0.39 is 0 Å². The largest absolute Gasteiger partial charge is 0.294 e. The number of amides is 1. The van der Waals surface area contributed by atoms with Crippen molar-refractivity contribution in [1.29, 1.82) is 0 Å². The van der Waals surface area contributed by atoms with E-state index in [0.717, 1.165) is 11.3 Å². The molecule has 18 heavy (non-hydrogen) atoms. The first-order valence-electron chi connectivity index (χ1n) is 6.22. The van der Waals surface area contributed by atoms with Crippen LogP contribution in [0.5, 0.6) is 0 Å². The van der Waals surface area contributed by atoms with E-state index in [9.17, 15) is 4.79 Å². The van der Waals surface area contributed by atoms with Crippen LogP contribution in [0.15, 0.2) is 24.3 Å². The van der Waals surface area contributed by atoms with Gasteiger partial charge in [0.2, 0.25) is 5.91 Å². The lowest BCUT2D eigenvalue weighted by atomic mass is 10.1. The molecule has 4 heteroatoms. The summed E-state index contributed by atoms with van der Waals surface area (Å²) >= 11 is 1.92. The van der Waals surface area contributed by atoms with Gasteiger partial charge in [0.1, 0.15) is 0 Å². The van der Waals surface area contributed by atoms with Gasteiger partial charge < -0.3 is 0 Å². The molecule has 0 fully saturated rings. The van der Waals surface area contributed by atoms with Crippen LogP contribution in [0.4, 0.5) is 0 Å². The van der Waals surface area contributed by atoms with Gasteiger partial charge in [0.05, 0.1) is 6.42 Å². The van der Waals surface area contributed by atoms with E-state index in [-0.39, 0.29) is 5.91 Å². The third kappa shape index (κ3) is 4.70. The van der Waals surface area contributed by atoms with Crippen molar-refractivity contribution in [1.82, 2.24) is 5.43 Å². The van der Waals surface area contributed by atoms with Crippen molar-refractivity contribution in [3.8, 4) is 0 Å². The summed E-state index contributed by atoms with van der Waals surface area (Å²) in [5, 5.41) is 0.612. The average molecular weight is 266 g/mol. The van der Waals surface area contributed by atoms with Gasteiger partial charge in [0, 0.05) is 11.0 Å². The lowest BCUT2D eigenvalue weighted by Gasteiger charge is -2.16. The first kappa shape index (κ1) is 15.1. The molecule has 3 nitrogen and oxygen atoms in total. The highest BCUT2D eigenvalue weighted by molar-refractivity contribution is 7.99. The number of carbonyl (C=O) groups excluding carboxylic acids is 1. The second-order valence-electron chi connectivity index (χ2n) is 4.77. The third-order valence-electron chi connectivity index (χ3n) is 3.07. The third-order valence-corrected chi connectivity index (χ3v) is 4.62. The number of nitrogens with two attached hydrogens (primary N) is 1. The predicted octanol–water partition coefficient (Wildman–Crippen LogP) is 2.50. The fourth-order valence-electron chi connectivity index (χ4n) is 1.51. The van der Waals surface area contributed by atoms with Gasteiger partial charge in [-0.1, -0.05) is 45.0 Å². The van der Waals surface area contributed by atoms with Crippen LogP contribution in [-0.4, -0.2) is 11.2 Å². The van der Waals surface area contributed by atoms with Crippen molar-refractivity contribution < 1.29 is 4.79 Å². The van der Waals surface area contributed by atoms with Crippen LogP contribution in [0.1, 0.15) is 31.9 Å². The molecular weight excluding hydrogens is 244 g/mol. The highest BCUT2D eigenvalue weighted by Gasteiger charge is 2.10. The van der Waals surface area contributed by atoms with Crippen molar-refractivity contribution in [3.63, 3.8) is 0 Å². The molecule has 0 radical (unpaired) electrons. The van der Waals surface area contributed by atoms with E-state index >= 15 is 0 Å². The molecule has 100 valence electrons. The molecule has 0 spiro atoms. The van der Waals surface area contributed by atoms with Crippen molar-refractivity contribution in [3.05, 3.63) is 35.4 Å². The van der Waals surface area contributed by atoms with Crippen LogP contribution < -0.4 is 11.3 Å². The molecule has 0 aliphatic carbocycles. The Hall–Kier alpha value is -1.00. The molecule has 0 saturated carbocycles. The number of carbonyl (C=O) groups is 1. The maximum absolute atomic E-state index is 11.3. The van der Waals surface area contributed by atoms with Gasteiger partial charge in [0.15, 0.2) is 0 Å². The maximum Gasteiger partial charge on any atom is 0.238 e. The minimum Gasteiger partial charge on any atom is -0.294 e. The number of thioether (sulfide) groups is 1. The first-order valence-corrected chi connectivity index (χ1v) is 7.27. The Kier molecular flexibility index (Phi) is 6.22. The van der Waals surface area contributed by atoms with Gasteiger partial charge in [-0.3, -0.25) is 10.2 Å². The predicted molar refractivity (Wildman–Crippen MR) is 78.1 cm³/mol. The zero-order valence-electron chi connectivity index (χ0n) is 11.3. The van der Waals surface area contributed by atoms with E-state index in [1.165, 1.54) is 5.56 Å². The Morgan fingerprint density at radius 3 is 2.44 bits per heavy atom. The number of nitrogens with one attached hydrogen (secondary N) is 1. The monoisotopic (exact) mass is 266 g/mol. The highest BCUT2D eigenvalue weighted by atomic mass is 32.2. The molecule has 1 aromatic carbocycles. The molecule has 1 aromatic rings. The Balaban J connectivity index is 2.67. The van der Waals surface area contributed by atoms with Crippen molar-refractivity contribution in [2.75, 3.05) is 0 Å². The standard InChI is InChI=1S/C14H22N2OS/c1-10(2)11(3)18-9-13-7-5-4-6-12(13)8-14(17)16-15/h4-7,10-11H,8-9,15H2,1-3H3,(H,16,17). The summed E-state index contributed by atoms with van der Waals surface area (Å²) in [5.74, 6) is 6.58. The second kappa shape index (κ2) is 7.44. The van der Waals surface area contributed by atoms with Crippen LogP contribution in [0.2, 0.25) is 0 Å². The number of rotatable bonds is 6. The lowest BCUT2D eigenvalue weighted by Crippen LogP contribution is -2.31. The zero-order chi connectivity index (χ0) is 13.5. The minimum atomic E-state index is -0.149. The van der Waals surface area contributed by atoms with E-state index in [0.29, 0.717) is 17.6 Å². The number of hydrogen-bond donors (Lipinski definition) is 2. The van der Waals surface area contributed by atoms with E-state index in [1.54, 1.807) is 0 Å². The van der Waals surface area contributed by atoms with Crippen molar-refractivity contribution >= 4 is 17.7 Å².